The van der Waals surface area contributed by atoms with E-state index >= 15 is 0 Å². The Balaban J connectivity index is 2.66. The second-order valence-electron chi connectivity index (χ2n) is 4.70. The minimum Gasteiger partial charge on any atom is -0.324 e. The minimum absolute atomic E-state index is 0.685. The maximum absolute atomic E-state index is 11.9. The van der Waals surface area contributed by atoms with Crippen LogP contribution in [0.15, 0.2) is 48.5 Å². The van der Waals surface area contributed by atoms with Crippen LogP contribution in [0.25, 0.3) is 0 Å². The first-order chi connectivity index (χ1) is 8.91. The quantitative estimate of drug-likeness (QED) is 0.842. The summed E-state index contributed by atoms with van der Waals surface area (Å²) in [5, 5.41) is 0. The van der Waals surface area contributed by atoms with Crippen LogP contribution < -0.4 is 0 Å². The minimum atomic E-state index is -4.27. The van der Waals surface area contributed by atoms with Gasteiger partial charge in [0, 0.05) is 0 Å². The molecule has 0 saturated heterocycles. The molecule has 3 nitrogen and oxygen atoms in total. The third-order valence-corrected chi connectivity index (χ3v) is 4.53. The van der Waals surface area contributed by atoms with Crippen molar-refractivity contribution in [1.82, 2.24) is 0 Å². The van der Waals surface area contributed by atoms with Gasteiger partial charge in [-0.3, -0.25) is 4.57 Å². The fourth-order valence-corrected chi connectivity index (χ4v) is 3.62. The van der Waals surface area contributed by atoms with E-state index in [1.54, 1.807) is 12.1 Å². The second-order valence-corrected chi connectivity index (χ2v) is 6.40. The van der Waals surface area contributed by atoms with Gasteiger partial charge in [0.05, 0.1) is 0 Å². The molecule has 0 unspecified atom stereocenters. The molecule has 4 heteroatoms. The third kappa shape index (κ3) is 2.95. The fraction of sp³-hybridized carbons (Fsp3) is 0.200. The Morgan fingerprint density at radius 1 is 0.842 bits per heavy atom. The average molecular weight is 276 g/mol. The van der Waals surface area contributed by atoms with Gasteiger partial charge in [0.25, 0.3) is 0 Å². The highest BCUT2D eigenvalue weighted by Gasteiger charge is 2.33. The van der Waals surface area contributed by atoms with Gasteiger partial charge in [-0.2, -0.15) is 0 Å². The summed E-state index contributed by atoms with van der Waals surface area (Å²) in [6.07, 6.45) is 0. The van der Waals surface area contributed by atoms with E-state index in [2.05, 4.69) is 0 Å². The van der Waals surface area contributed by atoms with Gasteiger partial charge in [0.15, 0.2) is 0 Å². The molecule has 0 bridgehead atoms. The normalized spacial score (nSPS) is 11.8. The Morgan fingerprint density at radius 2 is 1.21 bits per heavy atom. The highest BCUT2D eigenvalue weighted by Crippen LogP contribution is 2.56. The molecule has 2 aromatic carbocycles. The fourth-order valence-electron chi connectivity index (χ4n) is 2.32. The van der Waals surface area contributed by atoms with Crippen molar-refractivity contribution < 1.29 is 14.4 Å². The maximum atomic E-state index is 11.9. The van der Waals surface area contributed by atoms with Crippen molar-refractivity contribution in [2.24, 2.45) is 0 Å². The van der Waals surface area contributed by atoms with Crippen LogP contribution in [0, 0.1) is 13.8 Å². The lowest BCUT2D eigenvalue weighted by Gasteiger charge is -2.22. The first kappa shape index (κ1) is 14.0. The molecule has 0 aliphatic rings. The highest BCUT2D eigenvalue weighted by molar-refractivity contribution is 7.52. The first-order valence-corrected chi connectivity index (χ1v) is 7.75. The molecule has 0 aliphatic carbocycles. The molecule has 0 amide bonds. The van der Waals surface area contributed by atoms with Crippen LogP contribution in [-0.2, 0) is 4.57 Å². The highest BCUT2D eigenvalue weighted by atomic mass is 31.2. The van der Waals surface area contributed by atoms with Gasteiger partial charge in [-0.1, -0.05) is 48.5 Å². The summed E-state index contributed by atoms with van der Waals surface area (Å²) in [6.45, 7) is 3.74. The molecule has 0 aliphatic heterocycles. The van der Waals surface area contributed by atoms with Crippen molar-refractivity contribution >= 4 is 7.60 Å². The van der Waals surface area contributed by atoms with Crippen molar-refractivity contribution in [3.63, 3.8) is 0 Å². The van der Waals surface area contributed by atoms with E-state index in [1.807, 2.05) is 50.2 Å². The predicted molar refractivity (Wildman–Crippen MR) is 76.2 cm³/mol. The van der Waals surface area contributed by atoms with Crippen molar-refractivity contribution in [2.75, 3.05) is 0 Å². The largest absolute Gasteiger partial charge is 0.337 e. The Bertz CT molecular complexity index is 585. The summed E-state index contributed by atoms with van der Waals surface area (Å²) in [5.74, 6) is 0. The van der Waals surface area contributed by atoms with Crippen molar-refractivity contribution in [2.45, 2.75) is 19.5 Å². The molecule has 2 N–H and O–H groups in total. The molecule has 0 saturated carbocycles. The summed E-state index contributed by atoms with van der Waals surface area (Å²) in [5.41, 5.74) is 2.25. The molecule has 2 aromatic rings. The lowest BCUT2D eigenvalue weighted by molar-refractivity contribution is 0.364. The Hall–Kier alpha value is -1.41. The zero-order valence-corrected chi connectivity index (χ0v) is 11.8. The van der Waals surface area contributed by atoms with E-state index in [-0.39, 0.29) is 0 Å². The number of hydrogen-bond acceptors (Lipinski definition) is 1. The van der Waals surface area contributed by atoms with Crippen LogP contribution in [0.4, 0.5) is 0 Å². The van der Waals surface area contributed by atoms with E-state index in [0.29, 0.717) is 11.1 Å². The second kappa shape index (κ2) is 5.30. The van der Waals surface area contributed by atoms with Gasteiger partial charge in [0.1, 0.15) is 5.66 Å². The van der Waals surface area contributed by atoms with Gasteiger partial charge in [-0.15, -0.1) is 0 Å². The van der Waals surface area contributed by atoms with Gasteiger partial charge in [-0.05, 0) is 36.1 Å². The van der Waals surface area contributed by atoms with Crippen molar-refractivity contribution in [3.05, 3.63) is 70.8 Å². The van der Waals surface area contributed by atoms with Gasteiger partial charge in [-0.25, -0.2) is 0 Å². The zero-order chi connectivity index (χ0) is 14.0. The van der Waals surface area contributed by atoms with Crippen LogP contribution in [0.3, 0.4) is 0 Å². The monoisotopic (exact) mass is 276 g/mol. The molecule has 2 rings (SSSR count). The molecule has 0 atom stereocenters. The average Bonchev–Trinajstić information content (AvgIpc) is 2.33. The summed E-state index contributed by atoms with van der Waals surface area (Å²) in [4.78, 5) is 19.5. The number of benzene rings is 2. The Kier molecular flexibility index (Phi) is 3.91. The van der Waals surface area contributed by atoms with E-state index in [4.69, 9.17) is 0 Å². The van der Waals surface area contributed by atoms with Crippen LogP contribution in [0.1, 0.15) is 27.9 Å². The molecule has 100 valence electrons. The predicted octanol–water partition coefficient (Wildman–Crippen LogP) is 3.57. The Morgan fingerprint density at radius 3 is 1.53 bits per heavy atom. The van der Waals surface area contributed by atoms with Gasteiger partial charge in [0.2, 0.25) is 0 Å². The molecular weight excluding hydrogens is 259 g/mol. The van der Waals surface area contributed by atoms with Crippen LogP contribution in [0.2, 0.25) is 0 Å². The molecular formula is C15H17O3P. The summed E-state index contributed by atoms with van der Waals surface area (Å²) in [7, 11) is -4.27. The van der Waals surface area contributed by atoms with E-state index in [1.165, 1.54) is 0 Å². The van der Waals surface area contributed by atoms with Crippen molar-refractivity contribution in [3.8, 4) is 0 Å². The van der Waals surface area contributed by atoms with Crippen LogP contribution in [0.5, 0.6) is 0 Å². The van der Waals surface area contributed by atoms with Crippen LogP contribution >= 0.6 is 7.60 Å². The molecule has 0 fully saturated rings. The van der Waals surface area contributed by atoms with Gasteiger partial charge >= 0.3 is 7.60 Å². The van der Waals surface area contributed by atoms with Crippen LogP contribution in [-0.4, -0.2) is 9.79 Å². The van der Waals surface area contributed by atoms with E-state index in [9.17, 15) is 14.4 Å². The maximum Gasteiger partial charge on any atom is 0.337 e. The zero-order valence-electron chi connectivity index (χ0n) is 10.9. The third-order valence-electron chi connectivity index (χ3n) is 3.30. The van der Waals surface area contributed by atoms with E-state index in [0.717, 1.165) is 11.1 Å². The lowest BCUT2D eigenvalue weighted by Crippen LogP contribution is -2.05. The SMILES string of the molecule is Cc1ccccc1C(c1ccccc1C)P(=O)(O)O. The number of rotatable bonds is 3. The molecule has 19 heavy (non-hydrogen) atoms. The molecule has 0 heterocycles. The molecule has 0 radical (unpaired) electrons. The number of aryl methyl sites for hydroxylation is 2. The topological polar surface area (TPSA) is 57.5 Å². The number of hydrogen-bond donors (Lipinski definition) is 2. The smallest absolute Gasteiger partial charge is 0.324 e. The summed E-state index contributed by atoms with van der Waals surface area (Å²) < 4.78 is 11.9. The van der Waals surface area contributed by atoms with Crippen molar-refractivity contribution in [1.29, 1.82) is 0 Å². The Labute approximate surface area is 113 Å². The molecule has 0 spiro atoms. The summed E-state index contributed by atoms with van der Waals surface area (Å²) in [6, 6.07) is 14.7. The standard InChI is InChI=1S/C15H17O3P/c1-11-7-3-5-9-13(11)15(19(16,17)18)14-10-6-4-8-12(14)2/h3-10,15H,1-2H3,(H2,16,17,18). The lowest BCUT2D eigenvalue weighted by atomic mass is 9.97. The first-order valence-electron chi connectivity index (χ1n) is 6.07. The summed E-state index contributed by atoms with van der Waals surface area (Å²) >= 11 is 0. The van der Waals surface area contributed by atoms with Gasteiger partial charge < -0.3 is 9.79 Å². The van der Waals surface area contributed by atoms with E-state index < -0.39 is 13.3 Å². The molecule has 0 aromatic heterocycles.